The number of hydrogen-bond donors (Lipinski definition) is 9. The van der Waals surface area contributed by atoms with Crippen LogP contribution >= 0.6 is 0 Å². The second kappa shape index (κ2) is 11.6. The molecule has 212 valence electrons. The molecule has 0 aromatic heterocycles. The molecular weight excluding hydrogens is 532 g/mol. The molecule has 13 heteroatoms. The second-order valence-electron chi connectivity index (χ2n) is 8.94. The molecule has 0 spiro atoms. The molecule has 0 saturated carbocycles. The lowest BCUT2D eigenvalue weighted by Crippen LogP contribution is -2.60. The van der Waals surface area contributed by atoms with E-state index in [1.54, 1.807) is 18.2 Å². The van der Waals surface area contributed by atoms with E-state index in [1.807, 2.05) is 0 Å². The first-order valence-electron chi connectivity index (χ1n) is 11.8. The van der Waals surface area contributed by atoms with Gasteiger partial charge in [0.05, 0.1) is 5.56 Å². The summed E-state index contributed by atoms with van der Waals surface area (Å²) in [6.07, 6.45) is -5.02. The normalized spacial score (nSPS) is 22.7. The zero-order chi connectivity index (χ0) is 29.1. The topological polar surface area (TPSA) is 227 Å². The Morgan fingerprint density at radius 2 is 1.43 bits per heavy atom. The molecule has 1 saturated heterocycles. The van der Waals surface area contributed by atoms with Gasteiger partial charge in [0.25, 0.3) is 0 Å². The Kier molecular flexibility index (Phi) is 8.21. The molecule has 3 aromatic rings. The van der Waals surface area contributed by atoms with Gasteiger partial charge in [0.2, 0.25) is 6.29 Å². The number of hydrogen-bond acceptors (Lipinski definition) is 13. The van der Waals surface area contributed by atoms with Crippen LogP contribution in [0, 0.1) is 0 Å². The van der Waals surface area contributed by atoms with Crippen molar-refractivity contribution in [2.45, 2.75) is 30.7 Å². The lowest BCUT2D eigenvalue weighted by Gasteiger charge is -2.39. The second-order valence-corrected chi connectivity index (χ2v) is 8.94. The standard InChI is InChI=1S/C27H26O13/c28-15-5-13(2-1-12-3-4-17(29)18(30)7-12)6-16(10-15)39-27-25(36)24(35)23(34)21(40-27)11-38-26(37)14-8-19(31)22(33)20(32)9-14/h1-10,21,23-25,27-36H,11H2/b2-1-/t21-,23+,24-,25+,27-/m0/s1. The maximum absolute atomic E-state index is 12.3. The number of carbonyl (C=O) groups excluding carboxylic acids is 1. The van der Waals surface area contributed by atoms with E-state index < -0.39 is 60.5 Å². The van der Waals surface area contributed by atoms with Crippen LogP contribution in [0.3, 0.4) is 0 Å². The van der Waals surface area contributed by atoms with Crippen molar-refractivity contribution in [3.8, 4) is 40.2 Å². The molecule has 0 aliphatic carbocycles. The third kappa shape index (κ3) is 6.30. The van der Waals surface area contributed by atoms with Crippen LogP contribution in [0.15, 0.2) is 48.5 Å². The highest BCUT2D eigenvalue weighted by molar-refractivity contribution is 5.91. The Labute approximate surface area is 226 Å². The van der Waals surface area contributed by atoms with E-state index in [1.165, 1.54) is 30.3 Å². The van der Waals surface area contributed by atoms with Crippen LogP contribution < -0.4 is 4.74 Å². The molecule has 0 bridgehead atoms. The van der Waals surface area contributed by atoms with Crippen LogP contribution in [0.1, 0.15) is 21.5 Å². The summed E-state index contributed by atoms with van der Waals surface area (Å²) >= 11 is 0. The van der Waals surface area contributed by atoms with E-state index >= 15 is 0 Å². The van der Waals surface area contributed by atoms with Gasteiger partial charge in [0.15, 0.2) is 28.7 Å². The Balaban J connectivity index is 1.45. The molecule has 1 fully saturated rings. The SMILES string of the molecule is O=C(OC[C@@H]1O[C@H](Oc2cc(O)cc(/C=C\c3ccc(O)c(O)c3)c2)[C@H](O)[C@@H](O)[C@@H]1O)c1cc(O)c(O)c(O)c1. The highest BCUT2D eigenvalue weighted by Gasteiger charge is 2.45. The highest BCUT2D eigenvalue weighted by atomic mass is 16.7. The number of aliphatic hydroxyl groups is 3. The van der Waals surface area contributed by atoms with E-state index in [0.29, 0.717) is 11.1 Å². The van der Waals surface area contributed by atoms with Gasteiger partial charge in [-0.15, -0.1) is 0 Å². The van der Waals surface area contributed by atoms with Crippen molar-refractivity contribution in [1.82, 2.24) is 0 Å². The average molecular weight is 558 g/mol. The lowest BCUT2D eigenvalue weighted by atomic mass is 9.99. The maximum atomic E-state index is 12.3. The van der Waals surface area contributed by atoms with Gasteiger partial charge in [0, 0.05) is 6.07 Å². The summed E-state index contributed by atoms with van der Waals surface area (Å²) in [6.45, 7) is -0.639. The molecule has 1 aliphatic rings. The van der Waals surface area contributed by atoms with E-state index in [9.17, 15) is 50.8 Å². The van der Waals surface area contributed by atoms with Crippen molar-refractivity contribution in [3.05, 3.63) is 65.2 Å². The van der Waals surface area contributed by atoms with Gasteiger partial charge in [-0.1, -0.05) is 18.2 Å². The van der Waals surface area contributed by atoms with Crippen molar-refractivity contribution in [2.75, 3.05) is 6.61 Å². The zero-order valence-corrected chi connectivity index (χ0v) is 20.5. The van der Waals surface area contributed by atoms with Crippen molar-refractivity contribution >= 4 is 18.1 Å². The smallest absolute Gasteiger partial charge is 0.338 e. The Morgan fingerprint density at radius 3 is 2.10 bits per heavy atom. The minimum Gasteiger partial charge on any atom is -0.508 e. The molecule has 5 atom stereocenters. The van der Waals surface area contributed by atoms with E-state index in [2.05, 4.69) is 0 Å². The molecule has 40 heavy (non-hydrogen) atoms. The Bertz CT molecular complexity index is 1400. The summed E-state index contributed by atoms with van der Waals surface area (Å²) < 4.78 is 16.2. The first-order valence-corrected chi connectivity index (χ1v) is 11.8. The quantitative estimate of drug-likeness (QED) is 0.113. The summed E-state index contributed by atoms with van der Waals surface area (Å²) in [5.41, 5.74) is 0.646. The van der Waals surface area contributed by atoms with Gasteiger partial charge >= 0.3 is 5.97 Å². The highest BCUT2D eigenvalue weighted by Crippen LogP contribution is 2.36. The molecule has 4 rings (SSSR count). The zero-order valence-electron chi connectivity index (χ0n) is 20.5. The number of rotatable bonds is 7. The summed E-state index contributed by atoms with van der Waals surface area (Å²) in [5.74, 6) is -4.24. The molecule has 0 radical (unpaired) electrons. The van der Waals surface area contributed by atoms with Gasteiger partial charge < -0.3 is 60.2 Å². The number of carbonyl (C=O) groups is 1. The first-order chi connectivity index (χ1) is 18.9. The van der Waals surface area contributed by atoms with Gasteiger partial charge in [-0.3, -0.25) is 0 Å². The monoisotopic (exact) mass is 558 g/mol. The molecule has 9 N–H and O–H groups in total. The fourth-order valence-corrected chi connectivity index (χ4v) is 3.86. The Morgan fingerprint density at radius 1 is 0.750 bits per heavy atom. The van der Waals surface area contributed by atoms with Crippen molar-refractivity contribution < 1.29 is 65.0 Å². The van der Waals surface area contributed by atoms with Crippen molar-refractivity contribution in [1.29, 1.82) is 0 Å². The number of aromatic hydroxyl groups is 6. The number of esters is 1. The van der Waals surface area contributed by atoms with E-state index in [-0.39, 0.29) is 28.6 Å². The minimum absolute atomic E-state index is 0.00614. The lowest BCUT2D eigenvalue weighted by molar-refractivity contribution is -0.277. The van der Waals surface area contributed by atoms with E-state index in [0.717, 1.165) is 12.1 Å². The fraction of sp³-hybridized carbons (Fsp3) is 0.222. The van der Waals surface area contributed by atoms with Crippen LogP contribution in [-0.2, 0) is 9.47 Å². The maximum Gasteiger partial charge on any atom is 0.338 e. The predicted octanol–water partition coefficient (Wildman–Crippen LogP) is 1.13. The third-order valence-corrected chi connectivity index (χ3v) is 5.99. The summed E-state index contributed by atoms with van der Waals surface area (Å²) in [4.78, 5) is 12.3. The molecular formula is C27H26O13. The molecule has 1 aliphatic heterocycles. The molecule has 0 unspecified atom stereocenters. The summed E-state index contributed by atoms with van der Waals surface area (Å²) in [5, 5.41) is 88.8. The molecule has 3 aromatic carbocycles. The third-order valence-electron chi connectivity index (χ3n) is 5.99. The number of ether oxygens (including phenoxy) is 3. The van der Waals surface area contributed by atoms with Gasteiger partial charge in [-0.2, -0.15) is 0 Å². The summed E-state index contributed by atoms with van der Waals surface area (Å²) in [6, 6.07) is 9.92. The number of benzene rings is 3. The van der Waals surface area contributed by atoms with Crippen LogP contribution in [0.4, 0.5) is 0 Å². The fourth-order valence-electron chi connectivity index (χ4n) is 3.86. The van der Waals surface area contributed by atoms with Crippen LogP contribution in [0.2, 0.25) is 0 Å². The number of phenolic OH excluding ortho intramolecular Hbond substituents is 6. The molecule has 0 amide bonds. The van der Waals surface area contributed by atoms with Crippen molar-refractivity contribution in [2.24, 2.45) is 0 Å². The van der Waals surface area contributed by atoms with Crippen LogP contribution in [-0.4, -0.2) is 89.2 Å². The van der Waals surface area contributed by atoms with Crippen LogP contribution in [0.5, 0.6) is 40.2 Å². The number of aliphatic hydroxyl groups excluding tert-OH is 3. The molecule has 13 nitrogen and oxygen atoms in total. The van der Waals surface area contributed by atoms with E-state index in [4.69, 9.17) is 14.2 Å². The predicted molar refractivity (Wildman–Crippen MR) is 136 cm³/mol. The first kappa shape index (κ1) is 28.3. The van der Waals surface area contributed by atoms with Gasteiger partial charge in [0.1, 0.15) is 42.5 Å². The molecule has 1 heterocycles. The Hall–Kier alpha value is -4.69. The van der Waals surface area contributed by atoms with Gasteiger partial charge in [-0.25, -0.2) is 4.79 Å². The summed E-state index contributed by atoms with van der Waals surface area (Å²) in [7, 11) is 0. The average Bonchev–Trinajstić information content (AvgIpc) is 2.91. The van der Waals surface area contributed by atoms with Crippen molar-refractivity contribution in [3.63, 3.8) is 0 Å². The van der Waals surface area contributed by atoms with Crippen LogP contribution in [0.25, 0.3) is 12.2 Å². The minimum atomic E-state index is -1.77. The van der Waals surface area contributed by atoms with Gasteiger partial charge in [-0.05, 0) is 47.5 Å². The largest absolute Gasteiger partial charge is 0.508 e. The number of phenols is 6.